The highest BCUT2D eigenvalue weighted by atomic mass is 32.2. The highest BCUT2D eigenvalue weighted by Crippen LogP contribution is 2.25. The number of anilines is 2. The third-order valence-corrected chi connectivity index (χ3v) is 8.13. The number of imide groups is 1. The highest BCUT2D eigenvalue weighted by Gasteiger charge is 2.34. The van der Waals surface area contributed by atoms with Gasteiger partial charge in [-0.25, -0.2) is 0 Å². The summed E-state index contributed by atoms with van der Waals surface area (Å²) in [7, 11) is 3.90. The van der Waals surface area contributed by atoms with Crippen LogP contribution in [0.3, 0.4) is 0 Å². The molecule has 0 bridgehead atoms. The van der Waals surface area contributed by atoms with Gasteiger partial charge in [-0.3, -0.25) is 24.1 Å². The molecule has 2 N–H and O–H groups in total. The zero-order chi connectivity index (χ0) is 31.1. The molecule has 9 heteroatoms. The number of carbonyl (C=O) groups excluding carboxylic acids is 4. The Morgan fingerprint density at radius 3 is 2.02 bits per heavy atom. The van der Waals surface area contributed by atoms with E-state index in [0.29, 0.717) is 41.1 Å². The van der Waals surface area contributed by atoms with Crippen molar-refractivity contribution in [1.82, 2.24) is 10.2 Å². The zero-order valence-electron chi connectivity index (χ0n) is 24.4. The second-order valence-corrected chi connectivity index (χ2v) is 11.5. The molecule has 0 aromatic heterocycles. The van der Waals surface area contributed by atoms with Crippen LogP contribution in [0.1, 0.15) is 43.1 Å². The number of fused-ring (bicyclic) bond motifs is 1. The van der Waals surface area contributed by atoms with E-state index in [2.05, 4.69) is 10.6 Å². The molecular weight excluding hydrogens is 572 g/mol. The maximum atomic E-state index is 13.3. The van der Waals surface area contributed by atoms with Crippen LogP contribution < -0.4 is 15.5 Å². The number of benzene rings is 4. The van der Waals surface area contributed by atoms with Crippen molar-refractivity contribution in [2.75, 3.05) is 36.6 Å². The molecule has 0 atom stereocenters. The van der Waals surface area contributed by atoms with Crippen LogP contribution in [0.5, 0.6) is 0 Å². The van der Waals surface area contributed by atoms with Crippen molar-refractivity contribution in [2.24, 2.45) is 0 Å². The molecule has 0 unspecified atom stereocenters. The first-order chi connectivity index (χ1) is 21.3. The number of nitrogens with zero attached hydrogens (tertiary/aromatic N) is 2. The molecule has 222 valence electrons. The van der Waals surface area contributed by atoms with Gasteiger partial charge in [-0.1, -0.05) is 42.5 Å². The molecule has 0 aliphatic carbocycles. The third-order valence-electron chi connectivity index (χ3n) is 7.03. The van der Waals surface area contributed by atoms with Gasteiger partial charge < -0.3 is 15.5 Å². The van der Waals surface area contributed by atoms with Gasteiger partial charge in [0.25, 0.3) is 23.6 Å². The minimum Gasteiger partial charge on any atom is -0.378 e. The summed E-state index contributed by atoms with van der Waals surface area (Å²) in [4.78, 5) is 55.6. The maximum absolute atomic E-state index is 13.3. The summed E-state index contributed by atoms with van der Waals surface area (Å²) in [6.07, 6.45) is 2.30. The lowest BCUT2D eigenvalue weighted by Gasteiger charge is -2.14. The molecule has 0 radical (unpaired) electrons. The second-order valence-electron chi connectivity index (χ2n) is 10.4. The van der Waals surface area contributed by atoms with E-state index in [-0.39, 0.29) is 23.4 Å². The lowest BCUT2D eigenvalue weighted by molar-refractivity contribution is -0.113. The van der Waals surface area contributed by atoms with E-state index < -0.39 is 5.91 Å². The van der Waals surface area contributed by atoms with E-state index in [1.54, 1.807) is 78.5 Å². The fourth-order valence-corrected chi connectivity index (χ4v) is 5.50. The minimum atomic E-state index is -0.452. The number of hydrogen-bond acceptors (Lipinski definition) is 6. The lowest BCUT2D eigenvalue weighted by atomic mass is 10.1. The van der Waals surface area contributed by atoms with Gasteiger partial charge >= 0.3 is 0 Å². The molecule has 1 aliphatic heterocycles. The van der Waals surface area contributed by atoms with Crippen LogP contribution in [0, 0.1) is 0 Å². The summed E-state index contributed by atoms with van der Waals surface area (Å²) >= 11 is 1.60. The SMILES string of the molecule is CN(C)c1ccc(/C=C(\NC(=O)c2ccccc2)C(=O)Nc2ccc(SCCCN3C(=O)c4ccccc4C3=O)cc2)cc1. The summed E-state index contributed by atoms with van der Waals surface area (Å²) in [6, 6.07) is 30.7. The lowest BCUT2D eigenvalue weighted by Crippen LogP contribution is -2.31. The number of thioether (sulfide) groups is 1. The van der Waals surface area contributed by atoms with E-state index >= 15 is 0 Å². The Kier molecular flexibility index (Phi) is 9.56. The van der Waals surface area contributed by atoms with Crippen molar-refractivity contribution in [3.63, 3.8) is 0 Å². The largest absolute Gasteiger partial charge is 0.378 e. The topological polar surface area (TPSA) is 98.8 Å². The van der Waals surface area contributed by atoms with Crippen LogP contribution in [0.2, 0.25) is 0 Å². The molecular formula is C35H32N4O4S. The average molecular weight is 605 g/mol. The van der Waals surface area contributed by atoms with E-state index in [9.17, 15) is 19.2 Å². The Morgan fingerprint density at radius 1 is 0.795 bits per heavy atom. The van der Waals surface area contributed by atoms with Crippen molar-refractivity contribution in [3.05, 3.63) is 131 Å². The average Bonchev–Trinajstić information content (AvgIpc) is 3.29. The van der Waals surface area contributed by atoms with Gasteiger partial charge in [0.2, 0.25) is 0 Å². The first-order valence-electron chi connectivity index (χ1n) is 14.1. The molecule has 44 heavy (non-hydrogen) atoms. The Morgan fingerprint density at radius 2 is 1.41 bits per heavy atom. The van der Waals surface area contributed by atoms with Gasteiger partial charge in [0.05, 0.1) is 11.1 Å². The van der Waals surface area contributed by atoms with Crippen LogP contribution in [0.4, 0.5) is 11.4 Å². The smallest absolute Gasteiger partial charge is 0.272 e. The molecule has 1 heterocycles. The summed E-state index contributed by atoms with van der Waals surface area (Å²) in [5.41, 5.74) is 3.84. The van der Waals surface area contributed by atoms with Gasteiger partial charge in [-0.15, -0.1) is 11.8 Å². The van der Waals surface area contributed by atoms with E-state index in [0.717, 1.165) is 16.1 Å². The number of rotatable bonds is 11. The minimum absolute atomic E-state index is 0.114. The Bertz CT molecular complexity index is 1670. The molecule has 0 fully saturated rings. The fourth-order valence-electron chi connectivity index (χ4n) is 4.67. The number of nitrogens with one attached hydrogen (secondary N) is 2. The quantitative estimate of drug-likeness (QED) is 0.0952. The Labute approximate surface area is 260 Å². The molecule has 4 aromatic carbocycles. The van der Waals surface area contributed by atoms with Crippen molar-refractivity contribution >= 4 is 52.8 Å². The van der Waals surface area contributed by atoms with Gasteiger partial charge in [0.15, 0.2) is 0 Å². The second kappa shape index (κ2) is 13.9. The molecule has 4 aromatic rings. The maximum Gasteiger partial charge on any atom is 0.272 e. The van der Waals surface area contributed by atoms with Gasteiger partial charge in [0, 0.05) is 42.5 Å². The summed E-state index contributed by atoms with van der Waals surface area (Å²) in [5, 5.41) is 5.64. The van der Waals surface area contributed by atoms with Crippen LogP contribution in [-0.2, 0) is 4.79 Å². The third kappa shape index (κ3) is 7.25. The fraction of sp³-hybridized carbons (Fsp3) is 0.143. The number of amides is 4. The van der Waals surface area contributed by atoms with Gasteiger partial charge in [-0.2, -0.15) is 0 Å². The van der Waals surface area contributed by atoms with E-state index in [1.807, 2.05) is 61.5 Å². The predicted octanol–water partition coefficient (Wildman–Crippen LogP) is 5.94. The first-order valence-corrected chi connectivity index (χ1v) is 15.1. The van der Waals surface area contributed by atoms with Gasteiger partial charge in [-0.05, 0) is 84.5 Å². The Hall–Kier alpha value is -5.15. The molecule has 0 spiro atoms. The summed E-state index contributed by atoms with van der Waals surface area (Å²) in [5.74, 6) is -0.606. The van der Waals surface area contributed by atoms with Crippen molar-refractivity contribution in [3.8, 4) is 0 Å². The number of hydrogen-bond donors (Lipinski definition) is 2. The van der Waals surface area contributed by atoms with E-state index in [1.165, 1.54) is 4.90 Å². The summed E-state index contributed by atoms with van der Waals surface area (Å²) < 4.78 is 0. The van der Waals surface area contributed by atoms with Gasteiger partial charge in [0.1, 0.15) is 5.70 Å². The first kappa shape index (κ1) is 30.3. The summed E-state index contributed by atoms with van der Waals surface area (Å²) in [6.45, 7) is 0.356. The molecule has 8 nitrogen and oxygen atoms in total. The van der Waals surface area contributed by atoms with E-state index in [4.69, 9.17) is 0 Å². The molecule has 5 rings (SSSR count). The zero-order valence-corrected chi connectivity index (χ0v) is 25.3. The van der Waals surface area contributed by atoms with Crippen molar-refractivity contribution in [2.45, 2.75) is 11.3 Å². The molecule has 4 amide bonds. The van der Waals surface area contributed by atoms with Crippen molar-refractivity contribution in [1.29, 1.82) is 0 Å². The normalized spacial score (nSPS) is 12.6. The molecule has 0 saturated carbocycles. The van der Waals surface area contributed by atoms with Crippen molar-refractivity contribution < 1.29 is 19.2 Å². The standard InChI is InChI=1S/C35H32N4O4S/c1-38(2)27-17-13-24(14-18-27)23-31(37-32(40)25-9-4-3-5-10-25)33(41)36-26-15-19-28(20-16-26)44-22-8-21-39-34(42)29-11-6-7-12-30(29)35(39)43/h3-7,9-20,23H,8,21-22H2,1-2H3,(H,36,41)(H,37,40)/b31-23-. The van der Waals surface area contributed by atoms with Crippen LogP contribution >= 0.6 is 11.8 Å². The predicted molar refractivity (Wildman–Crippen MR) is 175 cm³/mol. The van der Waals surface area contributed by atoms with Crippen LogP contribution in [0.25, 0.3) is 6.08 Å². The van der Waals surface area contributed by atoms with Crippen LogP contribution in [-0.4, -0.2) is 54.9 Å². The number of carbonyl (C=O) groups is 4. The highest BCUT2D eigenvalue weighted by molar-refractivity contribution is 7.99. The molecule has 1 aliphatic rings. The monoisotopic (exact) mass is 604 g/mol. The van der Waals surface area contributed by atoms with Crippen LogP contribution in [0.15, 0.2) is 114 Å². The molecule has 0 saturated heterocycles. The Balaban J connectivity index is 1.19.